The predicted octanol–water partition coefficient (Wildman–Crippen LogP) is 3.88. The first-order valence-corrected chi connectivity index (χ1v) is 7.76. The Morgan fingerprint density at radius 1 is 1.29 bits per heavy atom. The molecular weight excluding hydrogens is 284 g/mol. The fourth-order valence-corrected chi connectivity index (χ4v) is 3.07. The van der Waals surface area contributed by atoms with Crippen molar-refractivity contribution in [3.8, 4) is 0 Å². The molecule has 1 aromatic carbocycles. The van der Waals surface area contributed by atoms with Crippen molar-refractivity contribution in [3.63, 3.8) is 0 Å². The van der Waals surface area contributed by atoms with Gasteiger partial charge in [0.2, 0.25) is 0 Å². The van der Waals surface area contributed by atoms with Gasteiger partial charge >= 0.3 is 0 Å². The van der Waals surface area contributed by atoms with Crippen molar-refractivity contribution in [1.29, 1.82) is 0 Å². The molecule has 1 heterocycles. The first-order chi connectivity index (χ1) is 10.2. The second-order valence-electron chi connectivity index (χ2n) is 5.61. The highest BCUT2D eigenvalue weighted by atomic mass is 35.5. The highest BCUT2D eigenvalue weighted by Crippen LogP contribution is 2.39. The van der Waals surface area contributed by atoms with E-state index in [1.165, 1.54) is 5.56 Å². The van der Waals surface area contributed by atoms with Crippen molar-refractivity contribution in [1.82, 2.24) is 4.57 Å². The molecule has 1 saturated carbocycles. The van der Waals surface area contributed by atoms with E-state index in [-0.39, 0.29) is 5.56 Å². The fraction of sp³-hybridized carbons (Fsp3) is 0.353. The van der Waals surface area contributed by atoms with Crippen LogP contribution in [0.25, 0.3) is 0 Å². The summed E-state index contributed by atoms with van der Waals surface area (Å²) in [5.41, 5.74) is 2.39. The van der Waals surface area contributed by atoms with Gasteiger partial charge in [0, 0.05) is 29.9 Å². The molecule has 0 aliphatic heterocycles. The van der Waals surface area contributed by atoms with E-state index in [9.17, 15) is 4.79 Å². The van der Waals surface area contributed by atoms with Crippen LogP contribution in [-0.4, -0.2) is 10.6 Å². The predicted molar refractivity (Wildman–Crippen MR) is 87.2 cm³/mol. The molecule has 3 rings (SSSR count). The lowest BCUT2D eigenvalue weighted by atomic mass is 9.76. The molecule has 3 nitrogen and oxygen atoms in total. The van der Waals surface area contributed by atoms with E-state index in [2.05, 4.69) is 17.4 Å². The van der Waals surface area contributed by atoms with Crippen LogP contribution < -0.4 is 10.9 Å². The van der Waals surface area contributed by atoms with Crippen molar-refractivity contribution in [2.45, 2.75) is 38.3 Å². The molecule has 110 valence electrons. The summed E-state index contributed by atoms with van der Waals surface area (Å²) in [5, 5.41) is 4.31. The van der Waals surface area contributed by atoms with Crippen LogP contribution in [0.4, 0.5) is 5.69 Å². The van der Waals surface area contributed by atoms with Crippen molar-refractivity contribution in [3.05, 3.63) is 63.5 Å². The third kappa shape index (κ3) is 3.13. The van der Waals surface area contributed by atoms with Gasteiger partial charge in [0.1, 0.15) is 0 Å². The van der Waals surface area contributed by atoms with Gasteiger partial charge in [0.25, 0.3) is 5.56 Å². The molecule has 1 aliphatic carbocycles. The van der Waals surface area contributed by atoms with Crippen molar-refractivity contribution >= 4 is 17.3 Å². The Kier molecular flexibility index (Phi) is 4.02. The van der Waals surface area contributed by atoms with Crippen molar-refractivity contribution in [2.24, 2.45) is 0 Å². The van der Waals surface area contributed by atoms with E-state index in [1.54, 1.807) is 10.6 Å². The van der Waals surface area contributed by atoms with Gasteiger partial charge in [-0.2, -0.15) is 0 Å². The molecule has 2 aromatic rings. The Morgan fingerprint density at radius 2 is 2.10 bits per heavy atom. The summed E-state index contributed by atoms with van der Waals surface area (Å²) in [4.78, 5) is 11.6. The lowest BCUT2D eigenvalue weighted by molar-refractivity contribution is 0.374. The maximum Gasteiger partial charge on any atom is 0.250 e. The number of nitrogens with one attached hydrogen (secondary N) is 1. The minimum absolute atomic E-state index is 0.0495. The summed E-state index contributed by atoms with van der Waals surface area (Å²) >= 11 is 6.04. The van der Waals surface area contributed by atoms with Gasteiger partial charge < -0.3 is 9.88 Å². The Bertz CT molecular complexity index is 689. The topological polar surface area (TPSA) is 34.0 Å². The first-order valence-electron chi connectivity index (χ1n) is 7.38. The van der Waals surface area contributed by atoms with E-state index in [0.29, 0.717) is 18.5 Å². The summed E-state index contributed by atoms with van der Waals surface area (Å²) in [5.74, 6) is 0.582. The molecule has 0 spiro atoms. The van der Waals surface area contributed by atoms with Gasteiger partial charge in [0.05, 0.1) is 5.69 Å². The quantitative estimate of drug-likeness (QED) is 0.930. The normalized spacial score (nSPS) is 20.9. The number of pyridine rings is 1. The second kappa shape index (κ2) is 5.94. The number of halogens is 1. The molecule has 0 radical (unpaired) electrons. The number of aromatic nitrogens is 1. The van der Waals surface area contributed by atoms with Crippen molar-refractivity contribution in [2.75, 3.05) is 5.32 Å². The monoisotopic (exact) mass is 302 g/mol. The molecule has 0 saturated heterocycles. The van der Waals surface area contributed by atoms with E-state index in [1.807, 2.05) is 31.3 Å². The zero-order valence-electron chi connectivity index (χ0n) is 12.1. The Balaban J connectivity index is 1.61. The highest BCUT2D eigenvalue weighted by molar-refractivity contribution is 6.30. The van der Waals surface area contributed by atoms with Gasteiger partial charge in [0.15, 0.2) is 0 Å². The van der Waals surface area contributed by atoms with Crippen LogP contribution in [0, 0.1) is 0 Å². The van der Waals surface area contributed by atoms with E-state index in [0.717, 1.165) is 23.6 Å². The third-order valence-corrected chi connectivity index (χ3v) is 4.39. The molecule has 1 N–H and O–H groups in total. The molecule has 0 amide bonds. The Morgan fingerprint density at radius 3 is 2.81 bits per heavy atom. The molecule has 1 aliphatic rings. The third-order valence-electron chi connectivity index (χ3n) is 4.15. The van der Waals surface area contributed by atoms with Gasteiger partial charge in [-0.3, -0.25) is 4.79 Å². The van der Waals surface area contributed by atoms with Crippen LogP contribution in [0.3, 0.4) is 0 Å². The lowest BCUT2D eigenvalue weighted by Crippen LogP contribution is -2.34. The number of nitrogens with zero attached hydrogens (tertiary/aromatic N) is 1. The number of benzene rings is 1. The summed E-state index contributed by atoms with van der Waals surface area (Å²) in [6.45, 7) is 2.67. The average molecular weight is 303 g/mol. The number of hydrogen-bond donors (Lipinski definition) is 1. The molecule has 1 fully saturated rings. The summed E-state index contributed by atoms with van der Waals surface area (Å²) in [7, 11) is 0. The van der Waals surface area contributed by atoms with Gasteiger partial charge in [-0.15, -0.1) is 0 Å². The van der Waals surface area contributed by atoms with Crippen LogP contribution in [0.15, 0.2) is 47.4 Å². The smallest absolute Gasteiger partial charge is 0.250 e. The molecule has 0 bridgehead atoms. The average Bonchev–Trinajstić information content (AvgIpc) is 2.44. The van der Waals surface area contributed by atoms with E-state index >= 15 is 0 Å². The molecule has 4 heteroatoms. The molecule has 1 aromatic heterocycles. The molecular formula is C17H19ClN2O. The summed E-state index contributed by atoms with van der Waals surface area (Å²) < 4.78 is 1.72. The number of aryl methyl sites for hydroxylation is 1. The fourth-order valence-electron chi connectivity index (χ4n) is 2.87. The first kappa shape index (κ1) is 14.2. The SMILES string of the molecule is CCn1cc(NC2CC(c3cccc(Cl)c3)C2)ccc1=O. The van der Waals surface area contributed by atoms with E-state index in [4.69, 9.17) is 11.6 Å². The van der Waals surface area contributed by atoms with Crippen LogP contribution in [-0.2, 0) is 6.54 Å². The standard InChI is InChI=1S/C17H19ClN2O/c1-2-20-11-15(6-7-17(20)21)19-16-9-13(10-16)12-4-3-5-14(18)8-12/h3-8,11,13,16,19H,2,9-10H2,1H3. The van der Waals surface area contributed by atoms with Crippen LogP contribution in [0.2, 0.25) is 5.02 Å². The summed E-state index contributed by atoms with van der Waals surface area (Å²) in [6.07, 6.45) is 4.10. The van der Waals surface area contributed by atoms with Gasteiger partial charge in [-0.1, -0.05) is 23.7 Å². The summed E-state index contributed by atoms with van der Waals surface area (Å²) in [6, 6.07) is 12.1. The van der Waals surface area contributed by atoms with Gasteiger partial charge in [-0.05, 0) is 49.4 Å². The zero-order chi connectivity index (χ0) is 14.8. The number of rotatable bonds is 4. The highest BCUT2D eigenvalue weighted by Gasteiger charge is 2.30. The van der Waals surface area contributed by atoms with Crippen LogP contribution >= 0.6 is 11.6 Å². The van der Waals surface area contributed by atoms with E-state index < -0.39 is 0 Å². The Hall–Kier alpha value is -1.74. The number of hydrogen-bond acceptors (Lipinski definition) is 2. The van der Waals surface area contributed by atoms with Crippen molar-refractivity contribution < 1.29 is 0 Å². The molecule has 21 heavy (non-hydrogen) atoms. The maximum absolute atomic E-state index is 11.6. The number of anilines is 1. The maximum atomic E-state index is 11.6. The molecule has 0 unspecified atom stereocenters. The minimum atomic E-state index is 0.0495. The van der Waals surface area contributed by atoms with Crippen LogP contribution in [0.1, 0.15) is 31.2 Å². The van der Waals surface area contributed by atoms with Gasteiger partial charge in [-0.25, -0.2) is 0 Å². The zero-order valence-corrected chi connectivity index (χ0v) is 12.8. The van der Waals surface area contributed by atoms with Crippen LogP contribution in [0.5, 0.6) is 0 Å². The second-order valence-corrected chi connectivity index (χ2v) is 6.04. The Labute approximate surface area is 129 Å². The lowest BCUT2D eigenvalue weighted by Gasteiger charge is -2.37. The molecule has 0 atom stereocenters. The largest absolute Gasteiger partial charge is 0.381 e. The minimum Gasteiger partial charge on any atom is -0.381 e.